The number of rotatable bonds is 3. The quantitative estimate of drug-likeness (QED) is 0.730. The zero-order chi connectivity index (χ0) is 16.0. The van der Waals surface area contributed by atoms with Gasteiger partial charge in [0.15, 0.2) is 0 Å². The highest BCUT2D eigenvalue weighted by Crippen LogP contribution is 2.50. The summed E-state index contributed by atoms with van der Waals surface area (Å²) in [4.78, 5) is 20.5. The number of carbonyl (C=O) groups excluding carboxylic acids is 1. The van der Waals surface area contributed by atoms with E-state index in [4.69, 9.17) is 23.2 Å². The number of amides is 1. The van der Waals surface area contributed by atoms with Crippen LogP contribution in [0.1, 0.15) is 17.9 Å². The summed E-state index contributed by atoms with van der Waals surface area (Å²) in [5.41, 5.74) is 0.991. The number of nitrogens with zero attached hydrogens (tertiary/aromatic N) is 2. The van der Waals surface area contributed by atoms with Crippen LogP contribution in [0, 0.1) is 5.92 Å². The molecule has 0 aromatic carbocycles. The lowest BCUT2D eigenvalue weighted by Crippen LogP contribution is -2.13. The Morgan fingerprint density at radius 1 is 1.22 bits per heavy atom. The normalized spacial score (nSPS) is 19.7. The molecule has 3 aromatic heterocycles. The Hall–Kier alpha value is -1.69. The van der Waals surface area contributed by atoms with Crippen molar-refractivity contribution in [2.45, 2.75) is 12.3 Å². The molecule has 7 heteroatoms. The maximum Gasteiger partial charge on any atom is 0.228 e. The van der Waals surface area contributed by atoms with Crippen LogP contribution in [0.4, 0.5) is 5.00 Å². The summed E-state index contributed by atoms with van der Waals surface area (Å²) in [5, 5.41) is 5.87. The molecule has 0 saturated heterocycles. The fourth-order valence-electron chi connectivity index (χ4n) is 2.72. The molecule has 4 nitrogen and oxygen atoms in total. The Balaban J connectivity index is 1.50. The lowest BCUT2D eigenvalue weighted by Gasteiger charge is -2.03. The second-order valence-electron chi connectivity index (χ2n) is 5.48. The summed E-state index contributed by atoms with van der Waals surface area (Å²) < 4.78 is 0.956. The molecule has 3 heterocycles. The average molecular weight is 364 g/mol. The maximum atomic E-state index is 12.4. The monoisotopic (exact) mass is 363 g/mol. The van der Waals surface area contributed by atoms with E-state index in [0.717, 1.165) is 27.1 Å². The fraction of sp³-hybridized carbons (Fsp3) is 0.188. The van der Waals surface area contributed by atoms with Crippen LogP contribution < -0.4 is 5.32 Å². The summed E-state index contributed by atoms with van der Waals surface area (Å²) in [6.07, 6.45) is 7.48. The first-order chi connectivity index (χ1) is 11.1. The standard InChI is InChI=1S/C16H11Cl2N3OS/c17-12-5-19-2-1-8(12)9-3-10(9)16(22)21-15-4-11-13(18)6-20-7-14(11)23-15/h1-2,4-7,9-10H,3H2,(H,21,22)/t9?,10-/m1/s1. The first-order valence-corrected chi connectivity index (χ1v) is 8.64. The van der Waals surface area contributed by atoms with Gasteiger partial charge >= 0.3 is 0 Å². The minimum atomic E-state index is -0.0475. The topological polar surface area (TPSA) is 54.9 Å². The summed E-state index contributed by atoms with van der Waals surface area (Å²) in [6.45, 7) is 0. The predicted octanol–water partition coefficient (Wildman–Crippen LogP) is 4.74. The van der Waals surface area contributed by atoms with Gasteiger partial charge in [0.1, 0.15) is 0 Å². The Morgan fingerprint density at radius 2 is 2.04 bits per heavy atom. The van der Waals surface area contributed by atoms with Crippen LogP contribution in [0.3, 0.4) is 0 Å². The number of hydrogen-bond acceptors (Lipinski definition) is 4. The number of hydrogen-bond donors (Lipinski definition) is 1. The summed E-state index contributed by atoms with van der Waals surface area (Å²) in [7, 11) is 0. The van der Waals surface area contributed by atoms with E-state index in [1.54, 1.807) is 24.8 Å². The van der Waals surface area contributed by atoms with E-state index in [2.05, 4.69) is 15.3 Å². The Kier molecular flexibility index (Phi) is 3.71. The summed E-state index contributed by atoms with van der Waals surface area (Å²) >= 11 is 13.7. The Morgan fingerprint density at radius 3 is 2.83 bits per heavy atom. The molecular formula is C16H11Cl2N3OS. The molecule has 0 radical (unpaired) electrons. The SMILES string of the molecule is O=C(Nc1cc2c(Cl)cncc2s1)[C@@H]1CC1c1ccncc1Cl. The van der Waals surface area contributed by atoms with Gasteiger partial charge in [-0.15, -0.1) is 11.3 Å². The van der Waals surface area contributed by atoms with Crippen LogP contribution in [0.25, 0.3) is 10.1 Å². The van der Waals surface area contributed by atoms with Crippen molar-refractivity contribution >= 4 is 55.5 Å². The van der Waals surface area contributed by atoms with Crippen LogP contribution >= 0.6 is 34.5 Å². The first kappa shape index (κ1) is 14.9. The lowest BCUT2D eigenvalue weighted by atomic mass is 10.1. The number of carbonyl (C=O) groups is 1. The highest BCUT2D eigenvalue weighted by atomic mass is 35.5. The van der Waals surface area contributed by atoms with E-state index >= 15 is 0 Å². The zero-order valence-electron chi connectivity index (χ0n) is 11.8. The van der Waals surface area contributed by atoms with Gasteiger partial charge in [0.05, 0.1) is 19.7 Å². The fourth-order valence-corrected chi connectivity index (χ4v) is 4.20. The molecule has 1 aliphatic rings. The third kappa shape index (κ3) is 2.80. The van der Waals surface area contributed by atoms with Gasteiger partial charge in [-0.3, -0.25) is 14.8 Å². The van der Waals surface area contributed by atoms with Crippen LogP contribution in [0.5, 0.6) is 0 Å². The van der Waals surface area contributed by atoms with E-state index < -0.39 is 0 Å². The molecule has 4 rings (SSSR count). The van der Waals surface area contributed by atoms with Gasteiger partial charge in [0.25, 0.3) is 0 Å². The number of anilines is 1. The van der Waals surface area contributed by atoms with Crippen molar-refractivity contribution < 1.29 is 4.79 Å². The van der Waals surface area contributed by atoms with Crippen molar-refractivity contribution in [3.8, 4) is 0 Å². The molecule has 23 heavy (non-hydrogen) atoms. The third-order valence-corrected chi connectivity index (χ3v) is 5.58. The predicted molar refractivity (Wildman–Crippen MR) is 93.4 cm³/mol. The molecule has 2 atom stereocenters. The highest BCUT2D eigenvalue weighted by molar-refractivity contribution is 7.23. The van der Waals surface area contributed by atoms with Gasteiger partial charge in [-0.1, -0.05) is 23.2 Å². The number of fused-ring (bicyclic) bond motifs is 1. The van der Waals surface area contributed by atoms with E-state index in [-0.39, 0.29) is 17.7 Å². The maximum absolute atomic E-state index is 12.4. The van der Waals surface area contributed by atoms with E-state index in [1.807, 2.05) is 12.1 Å². The molecule has 1 saturated carbocycles. The van der Waals surface area contributed by atoms with Crippen molar-refractivity contribution in [3.05, 3.63) is 52.5 Å². The van der Waals surface area contributed by atoms with E-state index in [0.29, 0.717) is 10.0 Å². The number of nitrogens with one attached hydrogen (secondary N) is 1. The molecule has 1 aliphatic carbocycles. The molecule has 116 valence electrons. The number of aromatic nitrogens is 2. The first-order valence-electron chi connectivity index (χ1n) is 7.07. The summed E-state index contributed by atoms with van der Waals surface area (Å²) in [5.74, 6) is 0.136. The van der Waals surface area contributed by atoms with Crippen LogP contribution in [0.2, 0.25) is 10.0 Å². The molecule has 0 bridgehead atoms. The molecule has 1 N–H and O–H groups in total. The second kappa shape index (κ2) is 5.74. The van der Waals surface area contributed by atoms with E-state index in [9.17, 15) is 4.79 Å². The Bertz CT molecular complexity index is 911. The van der Waals surface area contributed by atoms with Gasteiger partial charge in [0.2, 0.25) is 5.91 Å². The van der Waals surface area contributed by atoms with Crippen LogP contribution in [0.15, 0.2) is 36.9 Å². The van der Waals surface area contributed by atoms with Gasteiger partial charge in [-0.25, -0.2) is 0 Å². The van der Waals surface area contributed by atoms with Crippen LogP contribution in [-0.2, 0) is 4.79 Å². The molecule has 0 aliphatic heterocycles. The van der Waals surface area contributed by atoms with Crippen molar-refractivity contribution in [1.82, 2.24) is 9.97 Å². The molecular weight excluding hydrogens is 353 g/mol. The van der Waals surface area contributed by atoms with Crippen LogP contribution in [-0.4, -0.2) is 15.9 Å². The number of halogens is 2. The number of pyridine rings is 2. The molecule has 1 fully saturated rings. The van der Waals surface area contributed by atoms with E-state index in [1.165, 1.54) is 11.3 Å². The minimum Gasteiger partial charge on any atom is -0.317 e. The molecule has 1 amide bonds. The molecule has 3 aromatic rings. The second-order valence-corrected chi connectivity index (χ2v) is 7.38. The minimum absolute atomic E-state index is 0.0125. The van der Waals surface area contributed by atoms with Gasteiger partial charge in [-0.05, 0) is 30.0 Å². The van der Waals surface area contributed by atoms with Gasteiger partial charge in [0, 0.05) is 36.1 Å². The van der Waals surface area contributed by atoms with Crippen molar-refractivity contribution in [3.63, 3.8) is 0 Å². The average Bonchev–Trinajstić information content (AvgIpc) is 3.21. The molecule has 1 unspecified atom stereocenters. The Labute approximate surface area is 146 Å². The largest absolute Gasteiger partial charge is 0.317 e. The third-order valence-electron chi connectivity index (χ3n) is 3.97. The smallest absolute Gasteiger partial charge is 0.228 e. The highest BCUT2D eigenvalue weighted by Gasteiger charge is 2.45. The molecule has 0 spiro atoms. The lowest BCUT2D eigenvalue weighted by molar-refractivity contribution is -0.117. The van der Waals surface area contributed by atoms with Crippen molar-refractivity contribution in [2.24, 2.45) is 5.92 Å². The van der Waals surface area contributed by atoms with Crippen molar-refractivity contribution in [2.75, 3.05) is 5.32 Å². The number of thiophene rings is 1. The van der Waals surface area contributed by atoms with Gasteiger partial charge < -0.3 is 5.32 Å². The van der Waals surface area contributed by atoms with Crippen molar-refractivity contribution in [1.29, 1.82) is 0 Å². The zero-order valence-corrected chi connectivity index (χ0v) is 14.1. The summed E-state index contributed by atoms with van der Waals surface area (Å²) in [6, 6.07) is 3.77. The van der Waals surface area contributed by atoms with Gasteiger partial charge in [-0.2, -0.15) is 0 Å².